The number of phenolic OH excluding ortho intramolecular Hbond substituents is 1. The number of aliphatic carboxylic acids is 1. The Bertz CT molecular complexity index is 1070. The molecule has 8 N–H and O–H groups in total. The molecule has 0 aromatic heterocycles. The summed E-state index contributed by atoms with van der Waals surface area (Å²) in [5.41, 5.74) is 12.3. The lowest BCUT2D eigenvalue weighted by Gasteiger charge is -2.22. The molecule has 0 saturated carbocycles. The summed E-state index contributed by atoms with van der Waals surface area (Å²) in [5.74, 6) is -3.38. The van der Waals surface area contributed by atoms with Gasteiger partial charge in [0.2, 0.25) is 17.7 Å². The van der Waals surface area contributed by atoms with Crippen molar-refractivity contribution in [3.63, 3.8) is 0 Å². The first kappa shape index (κ1) is 23.5. The van der Waals surface area contributed by atoms with Crippen LogP contribution in [0.1, 0.15) is 17.5 Å². The van der Waals surface area contributed by atoms with Crippen molar-refractivity contribution in [2.45, 2.75) is 37.4 Å². The van der Waals surface area contributed by atoms with E-state index in [-0.39, 0.29) is 24.3 Å². The summed E-state index contributed by atoms with van der Waals surface area (Å²) in [6, 6.07) is 7.07. The summed E-state index contributed by atoms with van der Waals surface area (Å²) in [5, 5.41) is 24.4. The number of hydrogen-bond donors (Lipinski definition) is 6. The molecule has 2 aromatic rings. The summed E-state index contributed by atoms with van der Waals surface area (Å²) in [6.07, 6.45) is -0.578. The van der Waals surface area contributed by atoms with Gasteiger partial charge in [-0.2, -0.15) is 0 Å². The first-order valence-electron chi connectivity index (χ1n) is 10.1. The number of carboxylic acids is 1. The number of nitrogens with two attached hydrogens (primary N) is 2. The lowest BCUT2D eigenvalue weighted by atomic mass is 10.0. The van der Waals surface area contributed by atoms with Crippen molar-refractivity contribution in [3.05, 3.63) is 53.6 Å². The first-order chi connectivity index (χ1) is 15.6. The molecule has 0 saturated heterocycles. The predicted octanol–water partition coefficient (Wildman–Crippen LogP) is -0.460. The molecule has 3 amide bonds. The summed E-state index contributed by atoms with van der Waals surface area (Å²) < 4.78 is 5.71. The Hall–Kier alpha value is -4.12. The molecule has 0 unspecified atom stereocenters. The van der Waals surface area contributed by atoms with E-state index in [0.29, 0.717) is 16.9 Å². The molecule has 4 rings (SSSR count). The minimum atomic E-state index is -1.40. The monoisotopic (exact) mass is 456 g/mol. The van der Waals surface area contributed by atoms with Crippen LogP contribution >= 0.6 is 0 Å². The van der Waals surface area contributed by atoms with Gasteiger partial charge in [0, 0.05) is 6.42 Å². The highest BCUT2D eigenvalue weighted by atomic mass is 16.5. The molecule has 174 valence electrons. The summed E-state index contributed by atoms with van der Waals surface area (Å²) in [4.78, 5) is 48.5. The molecule has 2 aromatic carbocycles. The van der Waals surface area contributed by atoms with Gasteiger partial charge in [-0.25, -0.2) is 4.79 Å². The van der Waals surface area contributed by atoms with Gasteiger partial charge in [0.25, 0.3) is 0 Å². The molecule has 0 radical (unpaired) electrons. The smallest absolute Gasteiger partial charge is 0.326 e. The van der Waals surface area contributed by atoms with Crippen LogP contribution in [0.4, 0.5) is 0 Å². The van der Waals surface area contributed by atoms with Gasteiger partial charge in [-0.1, -0.05) is 18.2 Å². The number of carbonyl (C=O) groups is 4. The SMILES string of the molecule is NC(=O)C[C@@H]1NC(=O)[C@@H](N)Cc2ccc(O)c(c2)Oc2ccc(cc2)C[C@@H](C(=O)O)NC1=O. The number of benzene rings is 2. The van der Waals surface area contributed by atoms with Crippen LogP contribution in [0.5, 0.6) is 17.2 Å². The highest BCUT2D eigenvalue weighted by molar-refractivity contribution is 5.94. The number of primary amides is 1. The fourth-order valence-electron chi connectivity index (χ4n) is 3.33. The van der Waals surface area contributed by atoms with Gasteiger partial charge >= 0.3 is 5.97 Å². The van der Waals surface area contributed by atoms with Crippen LogP contribution in [0.25, 0.3) is 0 Å². The fourth-order valence-corrected chi connectivity index (χ4v) is 3.33. The molecule has 11 nitrogen and oxygen atoms in total. The summed E-state index contributed by atoms with van der Waals surface area (Å²) >= 11 is 0. The van der Waals surface area contributed by atoms with E-state index in [1.807, 2.05) is 0 Å². The maximum absolute atomic E-state index is 12.7. The number of rotatable bonds is 3. The van der Waals surface area contributed by atoms with Gasteiger partial charge < -0.3 is 37.1 Å². The number of carbonyl (C=O) groups excluding carboxylic acids is 3. The molecule has 0 aliphatic carbocycles. The van der Waals surface area contributed by atoms with Gasteiger partial charge in [0.1, 0.15) is 17.8 Å². The average Bonchev–Trinajstić information content (AvgIpc) is 2.75. The van der Waals surface area contributed by atoms with Crippen LogP contribution in [-0.2, 0) is 32.0 Å². The van der Waals surface area contributed by atoms with Crippen LogP contribution < -0.4 is 26.8 Å². The van der Waals surface area contributed by atoms with Gasteiger partial charge in [0.15, 0.2) is 11.5 Å². The molecular weight excluding hydrogens is 432 g/mol. The van der Waals surface area contributed by atoms with E-state index in [4.69, 9.17) is 16.2 Å². The maximum atomic E-state index is 12.7. The van der Waals surface area contributed by atoms with E-state index >= 15 is 0 Å². The third-order valence-electron chi connectivity index (χ3n) is 5.06. The van der Waals surface area contributed by atoms with E-state index in [0.717, 1.165) is 0 Å². The van der Waals surface area contributed by atoms with E-state index in [9.17, 15) is 29.4 Å². The highest BCUT2D eigenvalue weighted by Gasteiger charge is 2.29. The molecule has 33 heavy (non-hydrogen) atoms. The van der Waals surface area contributed by atoms with E-state index < -0.39 is 48.2 Å². The zero-order valence-corrected chi connectivity index (χ0v) is 17.5. The fraction of sp³-hybridized carbons (Fsp3) is 0.273. The van der Waals surface area contributed by atoms with Gasteiger partial charge in [-0.3, -0.25) is 14.4 Å². The van der Waals surface area contributed by atoms with Crippen molar-refractivity contribution in [3.8, 4) is 17.2 Å². The highest BCUT2D eigenvalue weighted by Crippen LogP contribution is 2.32. The van der Waals surface area contributed by atoms with Crippen LogP contribution in [0.3, 0.4) is 0 Å². The third-order valence-corrected chi connectivity index (χ3v) is 5.06. The van der Waals surface area contributed by atoms with Crippen LogP contribution in [0, 0.1) is 0 Å². The molecule has 2 aliphatic rings. The van der Waals surface area contributed by atoms with Crippen LogP contribution in [0.15, 0.2) is 42.5 Å². The Balaban J connectivity index is 1.99. The van der Waals surface area contributed by atoms with Crippen molar-refractivity contribution in [1.29, 1.82) is 0 Å². The Morgan fingerprint density at radius 2 is 1.67 bits per heavy atom. The van der Waals surface area contributed by atoms with E-state index in [2.05, 4.69) is 10.6 Å². The lowest BCUT2D eigenvalue weighted by Crippen LogP contribution is -2.56. The summed E-state index contributed by atoms with van der Waals surface area (Å²) in [6.45, 7) is 0. The second-order valence-corrected chi connectivity index (χ2v) is 7.69. The van der Waals surface area contributed by atoms with Crippen LogP contribution in [0.2, 0.25) is 0 Å². The minimum Gasteiger partial charge on any atom is -0.504 e. The first-order valence-corrected chi connectivity index (χ1v) is 10.1. The van der Waals surface area contributed by atoms with Crippen molar-refractivity contribution >= 4 is 23.7 Å². The Labute approximate surface area is 188 Å². The van der Waals surface area contributed by atoms with E-state index in [1.54, 1.807) is 30.3 Å². The summed E-state index contributed by atoms with van der Waals surface area (Å²) in [7, 11) is 0. The van der Waals surface area contributed by atoms with Gasteiger partial charge in [0.05, 0.1) is 12.5 Å². The molecule has 4 bridgehead atoms. The second-order valence-electron chi connectivity index (χ2n) is 7.69. The van der Waals surface area contributed by atoms with Crippen molar-refractivity contribution in [2.75, 3.05) is 0 Å². The topological polar surface area (TPSA) is 194 Å². The molecular formula is C22H24N4O7. The van der Waals surface area contributed by atoms with Crippen molar-refractivity contribution < 1.29 is 34.1 Å². The van der Waals surface area contributed by atoms with Gasteiger partial charge in [-0.15, -0.1) is 0 Å². The Kier molecular flexibility index (Phi) is 7.13. The number of hydrogen-bond acceptors (Lipinski definition) is 7. The number of fused-ring (bicyclic) bond motifs is 10. The lowest BCUT2D eigenvalue weighted by molar-refractivity contribution is -0.142. The molecule has 0 spiro atoms. The van der Waals surface area contributed by atoms with Crippen molar-refractivity contribution in [2.24, 2.45) is 11.5 Å². The molecule has 0 fully saturated rings. The Morgan fingerprint density at radius 1 is 1.00 bits per heavy atom. The number of nitrogens with one attached hydrogen (secondary N) is 2. The molecule has 2 aliphatic heterocycles. The van der Waals surface area contributed by atoms with Gasteiger partial charge in [-0.05, 0) is 41.8 Å². The molecule has 2 heterocycles. The number of phenols is 1. The van der Waals surface area contributed by atoms with E-state index in [1.165, 1.54) is 12.1 Å². The largest absolute Gasteiger partial charge is 0.504 e. The average molecular weight is 456 g/mol. The van der Waals surface area contributed by atoms with Crippen molar-refractivity contribution in [1.82, 2.24) is 10.6 Å². The second kappa shape index (κ2) is 10.0. The number of ether oxygens (including phenoxy) is 1. The predicted molar refractivity (Wildman–Crippen MR) is 115 cm³/mol. The zero-order valence-electron chi connectivity index (χ0n) is 17.5. The number of amides is 3. The zero-order chi connectivity index (χ0) is 24.1. The maximum Gasteiger partial charge on any atom is 0.326 e. The molecule has 3 atom stereocenters. The van der Waals surface area contributed by atoms with Crippen LogP contribution in [-0.4, -0.2) is 52.0 Å². The minimum absolute atomic E-state index is 0.0318. The standard InChI is InChI=1S/C22H24N4O7/c23-14-7-12-3-6-17(27)18(9-12)33-13-4-1-11(2-5-13)8-16(22(31)32)26-21(30)15(10-19(24)28)25-20(14)29/h1-6,9,14-16,27H,7-8,10,23H2,(H2,24,28)(H,25,29)(H,26,30)(H,31,32)/t14-,15-,16-/m0/s1. The normalized spacial score (nSPS) is 21.3. The third kappa shape index (κ3) is 6.20. The molecule has 11 heteroatoms. The quantitative estimate of drug-likeness (QED) is 0.357. The Morgan fingerprint density at radius 3 is 2.30 bits per heavy atom. The number of aromatic hydroxyl groups is 1. The number of carboxylic acid groups (broad SMARTS) is 1.